The minimum atomic E-state index is 0.859. The third kappa shape index (κ3) is 1.76. The maximum atomic E-state index is 4.56. The van der Waals surface area contributed by atoms with Crippen LogP contribution in [-0.4, -0.2) is 17.0 Å². The van der Waals surface area contributed by atoms with Crippen LogP contribution in [0, 0.1) is 0 Å². The van der Waals surface area contributed by atoms with Gasteiger partial charge >= 0.3 is 0 Å². The first-order chi connectivity index (χ1) is 8.34. The monoisotopic (exact) mass is 223 g/mol. The lowest BCUT2D eigenvalue weighted by atomic mass is 10.3. The first-order valence-corrected chi connectivity index (χ1v) is 5.58. The summed E-state index contributed by atoms with van der Waals surface area (Å²) >= 11 is 0. The van der Waals surface area contributed by atoms with E-state index >= 15 is 0 Å². The first kappa shape index (κ1) is 9.90. The van der Waals surface area contributed by atoms with Gasteiger partial charge in [-0.05, 0) is 24.3 Å². The molecule has 1 aromatic heterocycles. The maximum absolute atomic E-state index is 4.56. The predicted molar refractivity (Wildman–Crippen MR) is 70.6 cm³/mol. The first-order valence-electron chi connectivity index (χ1n) is 5.58. The molecule has 0 unspecified atom stereocenters. The third-order valence-electron chi connectivity index (χ3n) is 2.84. The fourth-order valence-electron chi connectivity index (χ4n) is 1.87. The third-order valence-corrected chi connectivity index (χ3v) is 2.84. The van der Waals surface area contributed by atoms with Crippen molar-refractivity contribution in [2.24, 2.45) is 0 Å². The molecule has 1 heterocycles. The highest BCUT2D eigenvalue weighted by Gasteiger charge is 2.07. The van der Waals surface area contributed by atoms with E-state index in [1.807, 2.05) is 54.4 Å². The number of imidazole rings is 1. The molecule has 0 bridgehead atoms. The van der Waals surface area contributed by atoms with Crippen LogP contribution < -0.4 is 4.90 Å². The Hall–Kier alpha value is -2.29. The summed E-state index contributed by atoms with van der Waals surface area (Å²) in [6.07, 6.45) is 0. The van der Waals surface area contributed by atoms with Crippen LogP contribution in [0.15, 0.2) is 54.6 Å². The summed E-state index contributed by atoms with van der Waals surface area (Å²) in [4.78, 5) is 9.91. The average molecular weight is 223 g/mol. The predicted octanol–water partition coefficient (Wildman–Crippen LogP) is 3.33. The lowest BCUT2D eigenvalue weighted by Gasteiger charge is -2.15. The molecule has 2 aromatic carbocycles. The molecule has 1 N–H and O–H groups in total. The van der Waals surface area contributed by atoms with Gasteiger partial charge in [0.2, 0.25) is 5.95 Å². The summed E-state index contributed by atoms with van der Waals surface area (Å²) in [5.74, 6) is 0.859. The smallest absolute Gasteiger partial charge is 0.208 e. The van der Waals surface area contributed by atoms with E-state index in [1.165, 1.54) is 0 Å². The van der Waals surface area contributed by atoms with Gasteiger partial charge in [-0.1, -0.05) is 30.3 Å². The zero-order valence-electron chi connectivity index (χ0n) is 9.59. The molecule has 0 aliphatic heterocycles. The largest absolute Gasteiger partial charge is 0.324 e. The fourth-order valence-corrected chi connectivity index (χ4v) is 1.87. The van der Waals surface area contributed by atoms with Gasteiger partial charge in [-0.15, -0.1) is 0 Å². The molecule has 0 amide bonds. The lowest BCUT2D eigenvalue weighted by molar-refractivity contribution is 1.11. The van der Waals surface area contributed by atoms with Gasteiger partial charge in [0.15, 0.2) is 0 Å². The molecule has 84 valence electrons. The summed E-state index contributed by atoms with van der Waals surface area (Å²) < 4.78 is 0. The van der Waals surface area contributed by atoms with E-state index in [9.17, 15) is 0 Å². The van der Waals surface area contributed by atoms with E-state index in [-0.39, 0.29) is 0 Å². The second kappa shape index (κ2) is 3.94. The van der Waals surface area contributed by atoms with Crippen molar-refractivity contribution < 1.29 is 0 Å². The van der Waals surface area contributed by atoms with Crippen molar-refractivity contribution in [2.45, 2.75) is 0 Å². The number of hydrogen-bond acceptors (Lipinski definition) is 2. The molecule has 3 rings (SSSR count). The van der Waals surface area contributed by atoms with Gasteiger partial charge in [-0.25, -0.2) is 4.98 Å². The van der Waals surface area contributed by atoms with Gasteiger partial charge in [0.05, 0.1) is 11.0 Å². The standard InChI is InChI=1S/C14H13N3/c1-17(11-7-3-2-4-8-11)14-15-12-9-5-6-10-13(12)16-14/h2-10H,1H3,(H,15,16). The van der Waals surface area contributed by atoms with Crippen LogP contribution >= 0.6 is 0 Å². The van der Waals surface area contributed by atoms with E-state index in [1.54, 1.807) is 0 Å². The summed E-state index contributed by atoms with van der Waals surface area (Å²) in [6, 6.07) is 18.2. The Morgan fingerprint density at radius 2 is 1.65 bits per heavy atom. The number of H-pyrrole nitrogens is 1. The van der Waals surface area contributed by atoms with E-state index in [0.29, 0.717) is 0 Å². The molecule has 3 heteroatoms. The fraction of sp³-hybridized carbons (Fsp3) is 0.0714. The SMILES string of the molecule is CN(c1ccccc1)c1nc2ccccc2[nH]1. The molecule has 0 atom stereocenters. The highest BCUT2D eigenvalue weighted by atomic mass is 15.2. The molecular formula is C14H13N3. The Balaban J connectivity index is 2.04. The van der Waals surface area contributed by atoms with Crippen molar-refractivity contribution >= 4 is 22.7 Å². The maximum Gasteiger partial charge on any atom is 0.208 e. The Labute approximate surface area is 99.7 Å². The summed E-state index contributed by atoms with van der Waals surface area (Å²) in [7, 11) is 2.01. The van der Waals surface area contributed by atoms with Gasteiger partial charge in [0, 0.05) is 12.7 Å². The number of nitrogens with one attached hydrogen (secondary N) is 1. The average Bonchev–Trinajstić information content (AvgIpc) is 2.82. The van der Waals surface area contributed by atoms with Crippen LogP contribution in [0.1, 0.15) is 0 Å². The number of hydrogen-bond donors (Lipinski definition) is 1. The second-order valence-corrected chi connectivity index (χ2v) is 3.97. The van der Waals surface area contributed by atoms with Gasteiger partial charge in [0.1, 0.15) is 0 Å². The number of nitrogens with zero attached hydrogens (tertiary/aromatic N) is 2. The van der Waals surface area contributed by atoms with Crippen molar-refractivity contribution in [2.75, 3.05) is 11.9 Å². The lowest BCUT2D eigenvalue weighted by Crippen LogP contribution is -2.10. The van der Waals surface area contributed by atoms with Crippen molar-refractivity contribution in [3.05, 3.63) is 54.6 Å². The van der Waals surface area contributed by atoms with Gasteiger partial charge in [0.25, 0.3) is 0 Å². The van der Waals surface area contributed by atoms with E-state index < -0.39 is 0 Å². The molecule has 0 saturated carbocycles. The van der Waals surface area contributed by atoms with E-state index in [4.69, 9.17) is 0 Å². The quantitative estimate of drug-likeness (QED) is 0.722. The number of para-hydroxylation sites is 3. The highest BCUT2D eigenvalue weighted by molar-refractivity contribution is 5.78. The molecular weight excluding hydrogens is 210 g/mol. The molecule has 0 fully saturated rings. The number of benzene rings is 2. The summed E-state index contributed by atoms with van der Waals surface area (Å²) in [5, 5.41) is 0. The van der Waals surface area contributed by atoms with Crippen molar-refractivity contribution in [3.8, 4) is 0 Å². The van der Waals surface area contributed by atoms with E-state index in [2.05, 4.69) is 22.1 Å². The minimum absolute atomic E-state index is 0.859. The Bertz CT molecular complexity index is 595. The van der Waals surface area contributed by atoms with Crippen molar-refractivity contribution in [3.63, 3.8) is 0 Å². The van der Waals surface area contributed by atoms with Crippen molar-refractivity contribution in [1.82, 2.24) is 9.97 Å². The number of rotatable bonds is 2. The molecule has 0 aliphatic carbocycles. The molecule has 17 heavy (non-hydrogen) atoms. The molecule has 0 spiro atoms. The van der Waals surface area contributed by atoms with Crippen LogP contribution in [0.25, 0.3) is 11.0 Å². The summed E-state index contributed by atoms with van der Waals surface area (Å²) in [6.45, 7) is 0. The summed E-state index contributed by atoms with van der Waals surface area (Å²) in [5.41, 5.74) is 3.17. The van der Waals surface area contributed by atoms with Crippen LogP contribution in [0.2, 0.25) is 0 Å². The molecule has 0 radical (unpaired) electrons. The zero-order valence-corrected chi connectivity index (χ0v) is 9.59. The van der Waals surface area contributed by atoms with Crippen LogP contribution in [-0.2, 0) is 0 Å². The number of aromatic nitrogens is 2. The van der Waals surface area contributed by atoms with E-state index in [0.717, 1.165) is 22.7 Å². The normalized spacial score (nSPS) is 10.6. The van der Waals surface area contributed by atoms with Crippen molar-refractivity contribution in [1.29, 1.82) is 0 Å². The number of anilines is 2. The van der Waals surface area contributed by atoms with Crippen LogP contribution in [0.4, 0.5) is 11.6 Å². The minimum Gasteiger partial charge on any atom is -0.324 e. The van der Waals surface area contributed by atoms with Gasteiger partial charge in [-0.3, -0.25) is 0 Å². The molecule has 0 saturated heterocycles. The zero-order chi connectivity index (χ0) is 11.7. The van der Waals surface area contributed by atoms with Crippen LogP contribution in [0.5, 0.6) is 0 Å². The molecule has 3 nitrogen and oxygen atoms in total. The Morgan fingerprint density at radius 1 is 0.941 bits per heavy atom. The highest BCUT2D eigenvalue weighted by Crippen LogP contribution is 2.22. The Kier molecular flexibility index (Phi) is 2.29. The molecule has 3 aromatic rings. The van der Waals surface area contributed by atoms with Crippen LogP contribution in [0.3, 0.4) is 0 Å². The number of aromatic amines is 1. The van der Waals surface area contributed by atoms with Gasteiger partial charge < -0.3 is 9.88 Å². The van der Waals surface area contributed by atoms with Gasteiger partial charge in [-0.2, -0.15) is 0 Å². The number of fused-ring (bicyclic) bond motifs is 1. The Morgan fingerprint density at radius 3 is 2.41 bits per heavy atom. The topological polar surface area (TPSA) is 31.9 Å². The second-order valence-electron chi connectivity index (χ2n) is 3.97. The molecule has 0 aliphatic rings.